The second kappa shape index (κ2) is 62.1. The minimum Gasteiger partial charge on any atom is -1.00 e. The Morgan fingerprint density at radius 2 is 0.882 bits per heavy atom. The summed E-state index contributed by atoms with van der Waals surface area (Å²) in [5, 5.41) is 65.1. The Morgan fingerprint density at radius 1 is 0.546 bits per heavy atom. The number of pyridine rings is 1. The molecule has 4 atom stereocenters. The average molecular weight is 1770 g/mol. The van der Waals surface area contributed by atoms with Crippen LogP contribution in [-0.4, -0.2) is 176 Å². The number of carboxylic acid groups (broad SMARTS) is 2. The van der Waals surface area contributed by atoms with E-state index >= 15 is 0 Å². The molecule has 2 fully saturated rings. The van der Waals surface area contributed by atoms with Gasteiger partial charge >= 0.3 is 97.1 Å². The molecule has 10 rings (SSSR count). The van der Waals surface area contributed by atoms with Gasteiger partial charge in [0.05, 0.1) is 56.8 Å². The number of aliphatic hydroxyl groups excluding tert-OH is 4. The first kappa shape index (κ1) is 122. The summed E-state index contributed by atoms with van der Waals surface area (Å²) in [7, 11) is 4.14. The molecule has 9 N–H and O–H groups in total. The number of halogens is 12. The van der Waals surface area contributed by atoms with Gasteiger partial charge in [-0.3, -0.25) is 14.6 Å². The Hall–Kier alpha value is -8.06. The monoisotopic (exact) mass is 1760 g/mol. The molecule has 3 heterocycles. The van der Waals surface area contributed by atoms with Crippen LogP contribution in [0.3, 0.4) is 0 Å². The van der Waals surface area contributed by atoms with Crippen LogP contribution in [0, 0.1) is 69.5 Å². The summed E-state index contributed by atoms with van der Waals surface area (Å²) >= 11 is 9.29. The second-order valence-corrected chi connectivity index (χ2v) is 25.3. The van der Waals surface area contributed by atoms with Crippen LogP contribution in [0.1, 0.15) is 155 Å². The molecular formula is C80H90BBrClF10Li2N3NaO20. The SMILES string of the molecule is C.C.C1CCOC1.C1CCOC1.CC(O)Cc1cc(F)c(C(=O)N[C@@H](Cc2ccc(-c3ccc(C#N)cc3Cl)c3ncccc23)C(=O)O)c(F)c1.CC(O)Cc1cc(F)c(C(=O)O)c(F)c1.CO.COC(=O)c1c(F)cc(Br)cc1F.COC(=O)c1c(F)cc(CC(C)=O)cc1F.COC(=O)c1c(F)cc(CC(C)O)cc1F.[B].[H-].[Li+].[Li+].[Na+].[OH-].[OH-]. The van der Waals surface area contributed by atoms with Crippen molar-refractivity contribution in [3.8, 4) is 17.2 Å². The van der Waals surface area contributed by atoms with Crippen LogP contribution in [0.5, 0.6) is 0 Å². The fraction of sp³-hybridized carbons (Fsp3) is 0.338. The minimum absolute atomic E-state index is 0. The standard InChI is InChI=1S/C29H22ClF2N3O4.C11H12F2O3.C11H10F2O3.C10H10F2O3.C8H5BrF2O2.2C4H8O.CH4O.2CH4.B.2Li.Na.2H2O.H/c1-15(36)9-17-11-23(31)26(24(32)12-17)28(37)35-25(29(38)39)13-18-5-7-21(27-19(18)3-2-8-34-27)20-6-4-16(14-33)10-22(20)30;2*1-6(14)3-7-4-8(12)10(9(13)5-7)11(15)16-2;1-5(13)2-6-3-7(11)9(10(14)15)8(12)4-6;1-13-8(12)7-5(10)2-4(9)3-6(7)11;2*1-2-4-5-3-1;1-2;;;;;;;;;/h2-8,10-12,15,25,36H,9,13H2,1H3,(H,35,37)(H,38,39);4-6,14H,3H2,1-2H3;4-5H,3H2,1-2H3;3-5,13H,2H2,1H3,(H,14,15);2-3H,1H3;2*1-4H2;2H,1H3;2*1H4;;;;;2*1H2;/q;;;;;;;;;;;3*+1;;;-1/p-2/t15?,25-;;;;;;;;;;;;;;;;/m0................/s1. The van der Waals surface area contributed by atoms with Gasteiger partial charge in [0.25, 0.3) is 5.91 Å². The van der Waals surface area contributed by atoms with E-state index in [1.165, 1.54) is 59.4 Å². The number of amides is 1. The number of fused-ring (bicyclic) bond motifs is 1. The number of nitrogens with one attached hydrogen (secondary N) is 1. The zero-order valence-electron chi connectivity index (χ0n) is 66.4. The van der Waals surface area contributed by atoms with Crippen molar-refractivity contribution in [2.24, 2.45) is 0 Å². The maximum atomic E-state index is 14.6. The van der Waals surface area contributed by atoms with Gasteiger partial charge in [0.2, 0.25) is 0 Å². The summed E-state index contributed by atoms with van der Waals surface area (Å²) in [6.45, 7) is 9.74. The average Bonchev–Trinajstić information content (AvgIpc) is 1.08. The Kier molecular flexibility index (Phi) is 63.6. The van der Waals surface area contributed by atoms with Crippen LogP contribution < -0.4 is 72.6 Å². The van der Waals surface area contributed by atoms with Crippen LogP contribution >= 0.6 is 27.5 Å². The third-order valence-corrected chi connectivity index (χ3v) is 15.8. The fourth-order valence-corrected chi connectivity index (χ4v) is 10.9. The van der Waals surface area contributed by atoms with Crippen LogP contribution in [-0.2, 0) is 65.4 Å². The van der Waals surface area contributed by atoms with E-state index < -0.39 is 146 Å². The van der Waals surface area contributed by atoms with Gasteiger partial charge in [0.15, 0.2) is 0 Å². The molecule has 635 valence electrons. The fourth-order valence-electron chi connectivity index (χ4n) is 10.2. The van der Waals surface area contributed by atoms with Gasteiger partial charge in [-0.25, -0.2) is 67.9 Å². The maximum absolute atomic E-state index is 14.6. The molecule has 2 aliphatic rings. The van der Waals surface area contributed by atoms with E-state index in [-0.39, 0.29) is 168 Å². The summed E-state index contributed by atoms with van der Waals surface area (Å²) < 4.78 is 158. The van der Waals surface area contributed by atoms with Crippen molar-refractivity contribution in [2.45, 2.75) is 125 Å². The molecule has 119 heavy (non-hydrogen) atoms. The molecule has 3 radical (unpaired) electrons. The van der Waals surface area contributed by atoms with Gasteiger partial charge in [-0.15, -0.1) is 0 Å². The van der Waals surface area contributed by atoms with E-state index in [1.54, 1.807) is 42.6 Å². The van der Waals surface area contributed by atoms with Gasteiger partial charge in [-0.2, -0.15) is 5.26 Å². The van der Waals surface area contributed by atoms with Crippen molar-refractivity contribution in [1.29, 1.82) is 5.26 Å². The predicted molar refractivity (Wildman–Crippen MR) is 413 cm³/mol. The summed E-state index contributed by atoms with van der Waals surface area (Å²) in [5.74, 6) is -18.1. The van der Waals surface area contributed by atoms with Crippen molar-refractivity contribution < 1.29 is 211 Å². The molecule has 39 heteroatoms. The van der Waals surface area contributed by atoms with Gasteiger partial charge in [-0.1, -0.05) is 66.6 Å². The number of ketones is 1. The summed E-state index contributed by atoms with van der Waals surface area (Å²) in [5.41, 5.74) is -0.432. The van der Waals surface area contributed by atoms with Crippen LogP contribution in [0.2, 0.25) is 5.02 Å². The van der Waals surface area contributed by atoms with Crippen molar-refractivity contribution in [1.82, 2.24) is 10.3 Å². The van der Waals surface area contributed by atoms with Gasteiger partial charge in [0, 0.05) is 87.0 Å². The number of methoxy groups -OCH3 is 3. The summed E-state index contributed by atoms with van der Waals surface area (Å²) in [4.78, 5) is 83.4. The normalized spacial score (nSPS) is 11.8. The third kappa shape index (κ3) is 40.0. The number of aromatic nitrogens is 1. The number of aromatic carboxylic acids is 1. The van der Waals surface area contributed by atoms with E-state index in [2.05, 4.69) is 40.4 Å². The van der Waals surface area contributed by atoms with Crippen molar-refractivity contribution in [3.05, 3.63) is 238 Å². The number of carbonyl (C=O) groups is 7. The van der Waals surface area contributed by atoms with Crippen molar-refractivity contribution in [3.63, 3.8) is 0 Å². The number of ether oxygens (including phenoxy) is 5. The van der Waals surface area contributed by atoms with Crippen LogP contribution in [0.15, 0.2) is 114 Å². The number of Topliss-reactive ketones (excluding diaryl/α,β-unsaturated/α-hetero) is 1. The second-order valence-electron chi connectivity index (χ2n) is 24.0. The van der Waals surface area contributed by atoms with E-state index in [0.29, 0.717) is 38.2 Å². The molecule has 1 amide bonds. The molecule has 8 aromatic rings. The topological polar surface area (TPSA) is 396 Å². The Bertz CT molecular complexity index is 4480. The number of carbonyl (C=O) groups excluding carboxylic acids is 5. The maximum Gasteiger partial charge on any atom is 1.00 e. The summed E-state index contributed by atoms with van der Waals surface area (Å²) in [6, 6.07) is 21.8. The van der Waals surface area contributed by atoms with Crippen LogP contribution in [0.4, 0.5) is 43.9 Å². The number of nitrogens with zero attached hydrogens (tertiary/aromatic N) is 2. The summed E-state index contributed by atoms with van der Waals surface area (Å²) in [6.07, 6.45) is 4.30. The Labute approximate surface area is 744 Å². The molecule has 7 aromatic carbocycles. The Morgan fingerprint density at radius 3 is 1.18 bits per heavy atom. The molecule has 1 aromatic heterocycles. The zero-order valence-corrected chi connectivity index (χ0v) is 69.7. The molecule has 0 saturated carbocycles. The third-order valence-electron chi connectivity index (χ3n) is 15.0. The van der Waals surface area contributed by atoms with Gasteiger partial charge in [-0.05, 0) is 179 Å². The first-order valence-electron chi connectivity index (χ1n) is 33.3. The minimum atomic E-state index is -1.64. The molecule has 23 nitrogen and oxygen atoms in total. The first-order chi connectivity index (χ1) is 52.5. The van der Waals surface area contributed by atoms with Crippen molar-refractivity contribution in [2.75, 3.05) is 54.9 Å². The number of benzene rings is 7. The quantitative estimate of drug-likeness (QED) is 0.0239. The molecule has 0 spiro atoms. The first-order valence-corrected chi connectivity index (χ1v) is 34.4. The molecular weight excluding hydrogens is 1680 g/mol. The number of carboxylic acids is 2. The predicted octanol–water partition coefficient (Wildman–Crippen LogP) is 5.58. The number of nitriles is 1. The number of aliphatic carboxylic acids is 1. The Balaban J connectivity index is -0.000000268. The van der Waals surface area contributed by atoms with E-state index in [9.17, 15) is 87.7 Å². The number of hydrogen-bond donors (Lipinski definition) is 7. The molecule has 0 bridgehead atoms. The van der Waals surface area contributed by atoms with Gasteiger partial charge in [0.1, 0.15) is 97.8 Å². The molecule has 2 aliphatic heterocycles. The van der Waals surface area contributed by atoms with E-state index in [0.717, 1.165) is 116 Å². The number of hydrogen-bond acceptors (Lipinski definition) is 20. The van der Waals surface area contributed by atoms with Crippen LogP contribution in [0.25, 0.3) is 22.0 Å². The number of esters is 3. The smallest absolute Gasteiger partial charge is 1.00 e. The molecule has 2 saturated heterocycles. The molecule has 3 unspecified atom stereocenters. The largest absolute Gasteiger partial charge is 1.00 e. The van der Waals surface area contributed by atoms with Crippen molar-refractivity contribution >= 4 is 88.4 Å². The molecule has 0 aliphatic carbocycles. The van der Waals surface area contributed by atoms with E-state index in [4.69, 9.17) is 46.8 Å². The van der Waals surface area contributed by atoms with Gasteiger partial charge < -0.3 is 72.0 Å². The van der Waals surface area contributed by atoms with E-state index in [1.807, 2.05) is 6.07 Å². The zero-order chi connectivity index (χ0) is 83.5. The number of aliphatic hydroxyl groups is 4. The number of rotatable bonds is 18.